The molecule has 8 nitrogen and oxygen atoms in total. The minimum atomic E-state index is -1.47. The molecule has 0 bridgehead atoms. The standard InChI is InChI=1S/C14H27NO7/c1-5-8(3-9(17)6(2)22-5)15-10-11(18)7(4-16)12(19)14(21)13(10)20/h5-21H,3-4H2,1-2H3. The number of hydrogen-bond acceptors (Lipinski definition) is 8. The molecule has 0 aromatic rings. The second-order valence-corrected chi connectivity index (χ2v) is 6.46. The summed E-state index contributed by atoms with van der Waals surface area (Å²) in [6.07, 6.45) is -6.35. The zero-order valence-electron chi connectivity index (χ0n) is 12.8. The Bertz CT molecular complexity index is 371. The lowest BCUT2D eigenvalue weighted by Gasteiger charge is -2.47. The first-order valence-electron chi connectivity index (χ1n) is 7.70. The van der Waals surface area contributed by atoms with E-state index in [-0.39, 0.29) is 18.2 Å². The quantitative estimate of drug-likeness (QED) is 0.290. The second-order valence-electron chi connectivity index (χ2n) is 6.46. The van der Waals surface area contributed by atoms with Gasteiger partial charge in [0.25, 0.3) is 0 Å². The minimum Gasteiger partial charge on any atom is -0.396 e. The molecule has 2 fully saturated rings. The van der Waals surface area contributed by atoms with Gasteiger partial charge < -0.3 is 40.7 Å². The third-order valence-electron chi connectivity index (χ3n) is 4.96. The van der Waals surface area contributed by atoms with E-state index >= 15 is 0 Å². The van der Waals surface area contributed by atoms with Crippen molar-refractivity contribution in [1.82, 2.24) is 5.32 Å². The van der Waals surface area contributed by atoms with E-state index < -0.39 is 49.1 Å². The minimum absolute atomic E-state index is 0.255. The van der Waals surface area contributed by atoms with E-state index in [1.165, 1.54) is 0 Å². The molecular formula is C14H27NO7. The monoisotopic (exact) mass is 321 g/mol. The van der Waals surface area contributed by atoms with Crippen molar-refractivity contribution in [2.24, 2.45) is 5.92 Å². The molecule has 1 aliphatic carbocycles. The van der Waals surface area contributed by atoms with Crippen LogP contribution in [0, 0.1) is 5.92 Å². The number of ether oxygens (including phenoxy) is 1. The van der Waals surface area contributed by atoms with E-state index in [0.29, 0.717) is 6.42 Å². The van der Waals surface area contributed by atoms with Crippen molar-refractivity contribution in [3.63, 3.8) is 0 Å². The Labute approximate surface area is 129 Å². The van der Waals surface area contributed by atoms with Crippen LogP contribution in [0.25, 0.3) is 0 Å². The molecule has 22 heavy (non-hydrogen) atoms. The predicted molar refractivity (Wildman–Crippen MR) is 75.9 cm³/mol. The summed E-state index contributed by atoms with van der Waals surface area (Å²) >= 11 is 0. The average Bonchev–Trinajstić information content (AvgIpc) is 2.47. The van der Waals surface area contributed by atoms with Gasteiger partial charge in [-0.25, -0.2) is 0 Å². The molecule has 10 unspecified atom stereocenters. The van der Waals surface area contributed by atoms with E-state index in [4.69, 9.17) is 4.74 Å². The highest BCUT2D eigenvalue weighted by atomic mass is 16.5. The first-order chi connectivity index (χ1) is 10.3. The normalized spacial score (nSPS) is 53.5. The molecule has 7 N–H and O–H groups in total. The number of rotatable bonds is 3. The summed E-state index contributed by atoms with van der Waals surface area (Å²) in [6.45, 7) is 3.07. The highest BCUT2D eigenvalue weighted by Gasteiger charge is 2.49. The van der Waals surface area contributed by atoms with Gasteiger partial charge in [-0.1, -0.05) is 0 Å². The van der Waals surface area contributed by atoms with Gasteiger partial charge in [0.2, 0.25) is 0 Å². The maximum absolute atomic E-state index is 10.3. The summed E-state index contributed by atoms with van der Waals surface area (Å²) in [5, 5.41) is 62.3. The Balaban J connectivity index is 2.09. The Kier molecular flexibility index (Phi) is 5.79. The van der Waals surface area contributed by atoms with Crippen LogP contribution in [-0.2, 0) is 4.74 Å². The van der Waals surface area contributed by atoms with Crippen LogP contribution in [-0.4, -0.2) is 92.1 Å². The van der Waals surface area contributed by atoms with Gasteiger partial charge in [-0.2, -0.15) is 0 Å². The van der Waals surface area contributed by atoms with Crippen molar-refractivity contribution in [3.05, 3.63) is 0 Å². The van der Waals surface area contributed by atoms with Crippen LogP contribution in [0.4, 0.5) is 0 Å². The van der Waals surface area contributed by atoms with Crippen LogP contribution in [0.3, 0.4) is 0 Å². The molecule has 0 radical (unpaired) electrons. The number of aliphatic hydroxyl groups excluding tert-OH is 6. The molecule has 1 saturated heterocycles. The highest BCUT2D eigenvalue weighted by Crippen LogP contribution is 2.28. The lowest BCUT2D eigenvalue weighted by molar-refractivity contribution is -0.181. The Morgan fingerprint density at radius 2 is 1.55 bits per heavy atom. The first kappa shape index (κ1) is 18.0. The van der Waals surface area contributed by atoms with Crippen LogP contribution in [0.2, 0.25) is 0 Å². The number of aliphatic hydroxyl groups is 6. The lowest BCUT2D eigenvalue weighted by Crippen LogP contribution is -2.69. The fourth-order valence-corrected chi connectivity index (χ4v) is 3.37. The highest BCUT2D eigenvalue weighted by molar-refractivity contribution is 5.03. The second kappa shape index (κ2) is 7.06. The predicted octanol–water partition coefficient (Wildman–Crippen LogP) is -3.06. The molecule has 10 atom stereocenters. The molecule has 1 saturated carbocycles. The lowest BCUT2D eigenvalue weighted by atomic mass is 9.77. The molecular weight excluding hydrogens is 294 g/mol. The molecule has 0 aromatic heterocycles. The van der Waals surface area contributed by atoms with E-state index in [9.17, 15) is 30.6 Å². The zero-order chi connectivity index (χ0) is 16.6. The summed E-state index contributed by atoms with van der Waals surface area (Å²) in [5.74, 6) is -0.959. The molecule has 1 heterocycles. The van der Waals surface area contributed by atoms with Crippen molar-refractivity contribution in [1.29, 1.82) is 0 Å². The van der Waals surface area contributed by atoms with Crippen molar-refractivity contribution in [3.8, 4) is 0 Å². The summed E-state index contributed by atoms with van der Waals surface area (Å²) in [5.41, 5.74) is 0. The number of nitrogens with one attached hydrogen (secondary N) is 1. The number of hydrogen-bond donors (Lipinski definition) is 7. The van der Waals surface area contributed by atoms with Crippen molar-refractivity contribution in [2.45, 2.75) is 75.1 Å². The van der Waals surface area contributed by atoms with Gasteiger partial charge in [-0.15, -0.1) is 0 Å². The summed E-state index contributed by atoms with van der Waals surface area (Å²) in [4.78, 5) is 0. The topological polar surface area (TPSA) is 143 Å². The van der Waals surface area contributed by atoms with Gasteiger partial charge in [0.05, 0.1) is 43.2 Å². The summed E-state index contributed by atoms with van der Waals surface area (Å²) < 4.78 is 5.59. The molecule has 2 rings (SSSR count). The van der Waals surface area contributed by atoms with Crippen molar-refractivity contribution < 1.29 is 35.4 Å². The third-order valence-corrected chi connectivity index (χ3v) is 4.96. The Morgan fingerprint density at radius 3 is 2.14 bits per heavy atom. The van der Waals surface area contributed by atoms with E-state index in [1.54, 1.807) is 6.92 Å². The molecule has 0 amide bonds. The van der Waals surface area contributed by atoms with Gasteiger partial charge in [-0.3, -0.25) is 0 Å². The first-order valence-corrected chi connectivity index (χ1v) is 7.70. The van der Waals surface area contributed by atoms with Crippen molar-refractivity contribution >= 4 is 0 Å². The Hall–Kier alpha value is -0.320. The maximum atomic E-state index is 10.3. The largest absolute Gasteiger partial charge is 0.396 e. The van der Waals surface area contributed by atoms with E-state index in [1.807, 2.05) is 6.92 Å². The Morgan fingerprint density at radius 1 is 0.909 bits per heavy atom. The van der Waals surface area contributed by atoms with Crippen LogP contribution in [0.5, 0.6) is 0 Å². The van der Waals surface area contributed by atoms with E-state index in [2.05, 4.69) is 5.32 Å². The van der Waals surface area contributed by atoms with Gasteiger partial charge in [0.1, 0.15) is 12.2 Å². The van der Waals surface area contributed by atoms with E-state index in [0.717, 1.165) is 0 Å². The molecule has 1 aliphatic heterocycles. The fraction of sp³-hybridized carbons (Fsp3) is 1.00. The van der Waals surface area contributed by atoms with Gasteiger partial charge in [0.15, 0.2) is 0 Å². The van der Waals surface area contributed by atoms with Crippen LogP contribution >= 0.6 is 0 Å². The third kappa shape index (κ3) is 3.29. The summed E-state index contributed by atoms with van der Waals surface area (Å²) in [6, 6.07) is -1.27. The van der Waals surface area contributed by atoms with Gasteiger partial charge in [0, 0.05) is 12.0 Å². The fourth-order valence-electron chi connectivity index (χ4n) is 3.37. The SMILES string of the molecule is CC1OC(C)C(NC2C(O)C(O)C(O)C(CO)C2O)CC1O. The summed E-state index contributed by atoms with van der Waals surface area (Å²) in [7, 11) is 0. The van der Waals surface area contributed by atoms with Gasteiger partial charge in [-0.05, 0) is 20.3 Å². The molecule has 0 spiro atoms. The smallest absolute Gasteiger partial charge is 0.108 e. The van der Waals surface area contributed by atoms with Crippen molar-refractivity contribution in [2.75, 3.05) is 6.61 Å². The maximum Gasteiger partial charge on any atom is 0.108 e. The molecule has 2 aliphatic rings. The van der Waals surface area contributed by atoms with Crippen LogP contribution in [0.15, 0.2) is 0 Å². The van der Waals surface area contributed by atoms with Crippen LogP contribution < -0.4 is 5.32 Å². The molecule has 0 aromatic carbocycles. The average molecular weight is 321 g/mol. The molecule has 8 heteroatoms. The van der Waals surface area contributed by atoms with Crippen LogP contribution in [0.1, 0.15) is 20.3 Å². The van der Waals surface area contributed by atoms with Gasteiger partial charge >= 0.3 is 0 Å². The molecule has 130 valence electrons. The zero-order valence-corrected chi connectivity index (χ0v) is 12.8.